The predicted octanol–water partition coefficient (Wildman–Crippen LogP) is 2.77. The Balaban J connectivity index is 2.79. The van der Waals surface area contributed by atoms with Crippen LogP contribution in [0.4, 0.5) is 11.5 Å². The van der Waals surface area contributed by atoms with E-state index in [0.29, 0.717) is 30.5 Å². The maximum atomic E-state index is 10.7. The van der Waals surface area contributed by atoms with E-state index in [1.54, 1.807) is 13.0 Å². The van der Waals surface area contributed by atoms with Crippen LogP contribution in [0.5, 0.6) is 0 Å². The average Bonchev–Trinajstić information content (AvgIpc) is 2.33. The summed E-state index contributed by atoms with van der Waals surface area (Å²) < 4.78 is 5.42. The first-order valence-electron chi connectivity index (χ1n) is 6.41. The van der Waals surface area contributed by atoms with E-state index in [4.69, 9.17) is 4.74 Å². The molecular weight excluding hydrogens is 246 g/mol. The lowest BCUT2D eigenvalue weighted by Gasteiger charge is -2.22. The van der Waals surface area contributed by atoms with Gasteiger partial charge in [-0.25, -0.2) is 4.98 Å². The highest BCUT2D eigenvalue weighted by atomic mass is 16.6. The van der Waals surface area contributed by atoms with Gasteiger partial charge in [-0.05, 0) is 25.8 Å². The molecule has 0 spiro atoms. The third-order valence-corrected chi connectivity index (χ3v) is 2.92. The summed E-state index contributed by atoms with van der Waals surface area (Å²) in [5, 5.41) is 14.0. The largest absolute Gasteiger partial charge is 0.380 e. The molecule has 0 radical (unpaired) electrons. The van der Waals surface area contributed by atoms with E-state index in [9.17, 15) is 10.1 Å². The van der Waals surface area contributed by atoms with E-state index in [-0.39, 0.29) is 11.7 Å². The van der Waals surface area contributed by atoms with Gasteiger partial charge < -0.3 is 10.1 Å². The maximum absolute atomic E-state index is 10.7. The van der Waals surface area contributed by atoms with Crippen molar-refractivity contribution in [2.24, 2.45) is 5.92 Å². The second-order valence-electron chi connectivity index (χ2n) is 4.77. The second-order valence-corrected chi connectivity index (χ2v) is 4.77. The third kappa shape index (κ3) is 4.48. The van der Waals surface area contributed by atoms with Gasteiger partial charge in [-0.15, -0.1) is 0 Å². The summed E-state index contributed by atoms with van der Waals surface area (Å²) >= 11 is 0. The fourth-order valence-corrected chi connectivity index (χ4v) is 1.65. The first kappa shape index (κ1) is 15.4. The molecule has 0 aromatic carbocycles. The van der Waals surface area contributed by atoms with Crippen LogP contribution in [0.2, 0.25) is 0 Å². The van der Waals surface area contributed by atoms with E-state index in [1.165, 1.54) is 6.20 Å². The molecule has 106 valence electrons. The lowest BCUT2D eigenvalue weighted by Crippen LogP contribution is -2.31. The molecule has 1 aromatic heterocycles. The van der Waals surface area contributed by atoms with Crippen LogP contribution in [0, 0.1) is 23.0 Å². The van der Waals surface area contributed by atoms with Gasteiger partial charge in [0.15, 0.2) is 0 Å². The number of nitrogens with one attached hydrogen (secondary N) is 1. The van der Waals surface area contributed by atoms with Crippen LogP contribution in [0.25, 0.3) is 0 Å². The lowest BCUT2D eigenvalue weighted by atomic mass is 10.1. The summed E-state index contributed by atoms with van der Waals surface area (Å²) in [7, 11) is 0. The minimum Gasteiger partial charge on any atom is -0.380 e. The quantitative estimate of drug-likeness (QED) is 0.607. The molecule has 0 aliphatic rings. The zero-order valence-corrected chi connectivity index (χ0v) is 11.8. The van der Waals surface area contributed by atoms with Gasteiger partial charge in [0.25, 0.3) is 5.69 Å². The van der Waals surface area contributed by atoms with E-state index in [1.807, 2.05) is 6.92 Å². The topological polar surface area (TPSA) is 77.3 Å². The SMILES string of the molecule is CCOCC(Nc1cc(C)c([N+](=O)[O-])cn1)C(C)C. The molecule has 1 aromatic rings. The van der Waals surface area contributed by atoms with Gasteiger partial charge in [0.1, 0.15) is 12.0 Å². The van der Waals surface area contributed by atoms with Crippen LogP contribution in [0.15, 0.2) is 12.3 Å². The first-order valence-corrected chi connectivity index (χ1v) is 6.41. The van der Waals surface area contributed by atoms with Crippen LogP contribution in [-0.2, 0) is 4.74 Å². The molecule has 0 saturated carbocycles. The minimum atomic E-state index is -0.424. The molecule has 6 nitrogen and oxygen atoms in total. The molecule has 0 amide bonds. The highest BCUT2D eigenvalue weighted by Crippen LogP contribution is 2.20. The number of aryl methyl sites for hydroxylation is 1. The smallest absolute Gasteiger partial charge is 0.290 e. The van der Waals surface area contributed by atoms with Crippen molar-refractivity contribution in [3.8, 4) is 0 Å². The fraction of sp³-hybridized carbons (Fsp3) is 0.615. The van der Waals surface area contributed by atoms with Gasteiger partial charge in [0, 0.05) is 12.2 Å². The zero-order valence-electron chi connectivity index (χ0n) is 11.8. The molecule has 0 saturated heterocycles. The highest BCUT2D eigenvalue weighted by molar-refractivity contribution is 5.47. The molecule has 1 rings (SSSR count). The summed E-state index contributed by atoms with van der Waals surface area (Å²) in [6, 6.07) is 1.83. The molecule has 0 fully saturated rings. The molecular formula is C13H21N3O3. The van der Waals surface area contributed by atoms with Crippen LogP contribution in [-0.4, -0.2) is 29.2 Å². The van der Waals surface area contributed by atoms with Gasteiger partial charge in [-0.1, -0.05) is 13.8 Å². The molecule has 1 unspecified atom stereocenters. The van der Waals surface area contributed by atoms with Crippen molar-refractivity contribution in [3.63, 3.8) is 0 Å². The van der Waals surface area contributed by atoms with Crippen LogP contribution in [0.1, 0.15) is 26.3 Å². The molecule has 1 heterocycles. The van der Waals surface area contributed by atoms with E-state index in [2.05, 4.69) is 24.1 Å². The molecule has 0 bridgehead atoms. The first-order chi connectivity index (χ1) is 8.95. The van der Waals surface area contributed by atoms with Gasteiger partial charge >= 0.3 is 0 Å². The third-order valence-electron chi connectivity index (χ3n) is 2.92. The molecule has 1 N–H and O–H groups in total. The van der Waals surface area contributed by atoms with Crippen LogP contribution in [0.3, 0.4) is 0 Å². The summed E-state index contributed by atoms with van der Waals surface area (Å²) in [5.74, 6) is 1.02. The van der Waals surface area contributed by atoms with Crippen molar-refractivity contribution >= 4 is 11.5 Å². The number of hydrogen-bond donors (Lipinski definition) is 1. The molecule has 0 aliphatic heterocycles. The number of anilines is 1. The Morgan fingerprint density at radius 2 is 2.21 bits per heavy atom. The van der Waals surface area contributed by atoms with Crippen molar-refractivity contribution < 1.29 is 9.66 Å². The number of rotatable bonds is 7. The standard InChI is InChI=1S/C13H21N3O3/c1-5-19-8-11(9(2)3)15-13-6-10(4)12(7-14-13)16(17)18/h6-7,9,11H,5,8H2,1-4H3,(H,14,15). The molecule has 1 atom stereocenters. The second kappa shape index (κ2) is 7.04. The molecule has 19 heavy (non-hydrogen) atoms. The zero-order chi connectivity index (χ0) is 14.4. The Labute approximate surface area is 113 Å². The fourth-order valence-electron chi connectivity index (χ4n) is 1.65. The number of ether oxygens (including phenoxy) is 1. The number of pyridine rings is 1. The van der Waals surface area contributed by atoms with Crippen molar-refractivity contribution in [1.82, 2.24) is 4.98 Å². The summed E-state index contributed by atoms with van der Waals surface area (Å²) in [6.45, 7) is 9.09. The molecule has 0 aliphatic carbocycles. The van der Waals surface area contributed by atoms with E-state index in [0.717, 1.165) is 0 Å². The Morgan fingerprint density at radius 3 is 2.68 bits per heavy atom. The van der Waals surface area contributed by atoms with Gasteiger partial charge in [0.05, 0.1) is 17.6 Å². The Bertz CT molecular complexity index is 435. The van der Waals surface area contributed by atoms with E-state index < -0.39 is 4.92 Å². The maximum Gasteiger partial charge on any atom is 0.290 e. The van der Waals surface area contributed by atoms with Crippen LogP contribution < -0.4 is 5.32 Å². The van der Waals surface area contributed by atoms with Crippen molar-refractivity contribution in [2.75, 3.05) is 18.5 Å². The minimum absolute atomic E-state index is 0.0384. The average molecular weight is 267 g/mol. The van der Waals surface area contributed by atoms with Crippen LogP contribution >= 0.6 is 0 Å². The Kier molecular flexibility index (Phi) is 5.69. The number of hydrogen-bond acceptors (Lipinski definition) is 5. The highest BCUT2D eigenvalue weighted by Gasteiger charge is 2.16. The van der Waals surface area contributed by atoms with Crippen molar-refractivity contribution in [3.05, 3.63) is 27.9 Å². The van der Waals surface area contributed by atoms with Gasteiger partial charge in [0.2, 0.25) is 0 Å². The molecule has 6 heteroatoms. The Morgan fingerprint density at radius 1 is 1.53 bits per heavy atom. The lowest BCUT2D eigenvalue weighted by molar-refractivity contribution is -0.385. The summed E-state index contributed by atoms with van der Waals surface area (Å²) in [4.78, 5) is 14.4. The predicted molar refractivity (Wildman–Crippen MR) is 74.4 cm³/mol. The monoisotopic (exact) mass is 267 g/mol. The van der Waals surface area contributed by atoms with E-state index >= 15 is 0 Å². The van der Waals surface area contributed by atoms with Crippen molar-refractivity contribution in [2.45, 2.75) is 33.7 Å². The van der Waals surface area contributed by atoms with Gasteiger partial charge in [-0.3, -0.25) is 10.1 Å². The number of aromatic nitrogens is 1. The number of nitrogens with zero attached hydrogens (tertiary/aromatic N) is 2. The normalized spacial score (nSPS) is 12.5. The van der Waals surface area contributed by atoms with Gasteiger partial charge in [-0.2, -0.15) is 0 Å². The van der Waals surface area contributed by atoms with Crippen molar-refractivity contribution in [1.29, 1.82) is 0 Å². The summed E-state index contributed by atoms with van der Waals surface area (Å²) in [6.07, 6.45) is 1.29. The summed E-state index contributed by atoms with van der Waals surface area (Å²) in [5.41, 5.74) is 0.637. The number of nitro groups is 1. The Hall–Kier alpha value is -1.69.